The van der Waals surface area contributed by atoms with Crippen molar-refractivity contribution in [3.63, 3.8) is 0 Å². The number of carbonyl (C=O) groups is 2. The van der Waals surface area contributed by atoms with Crippen molar-refractivity contribution in [1.82, 2.24) is 0 Å². The Bertz CT molecular complexity index is 942. The zero-order valence-corrected chi connectivity index (χ0v) is 22.7. The maximum Gasteiger partial charge on any atom is 0.306 e. The fraction of sp³-hybridized carbons (Fsp3) is 0.562. The Morgan fingerprint density at radius 3 is 2.11 bits per heavy atom. The third kappa shape index (κ3) is 9.62. The topological polar surface area (TPSA) is 72.8 Å². The second kappa shape index (κ2) is 14.9. The number of ether oxygens (including phenoxy) is 2. The maximum atomic E-state index is 12.7. The number of carbonyl (C=O) groups excluding carboxylic acids is 2. The predicted octanol–water partition coefficient (Wildman–Crippen LogP) is 7.35. The van der Waals surface area contributed by atoms with Gasteiger partial charge in [0, 0.05) is 12.8 Å². The molecular weight excluding hydrogens is 464 g/mol. The van der Waals surface area contributed by atoms with Crippen LogP contribution in [0.25, 0.3) is 0 Å². The lowest BCUT2D eigenvalue weighted by atomic mass is 9.75. The first kappa shape index (κ1) is 28.9. The Hall–Kier alpha value is -2.66. The summed E-state index contributed by atoms with van der Waals surface area (Å²) in [4.78, 5) is 25.3. The molecule has 0 aromatic heterocycles. The summed E-state index contributed by atoms with van der Waals surface area (Å²) in [5, 5.41) is 10.3. The maximum absolute atomic E-state index is 12.7. The standard InChI is InChI=1S/C32H44O5/c1-23(2)27-21-20-24(3)22-30(27)37-32(35)19-11-17-29(26-14-8-5-9-15-26)36-31(34)18-10-16-28(33)25-12-6-4-7-13-25/h4-9,12-15,23-24,27-30,33H,10-11,16-22H2,1-3H3/t24-,27+,28?,29+,30+/m1/s1. The molecule has 5 heteroatoms. The molecule has 1 aliphatic carbocycles. The molecule has 0 spiro atoms. The van der Waals surface area contributed by atoms with Crippen LogP contribution in [0.15, 0.2) is 60.7 Å². The summed E-state index contributed by atoms with van der Waals surface area (Å²) >= 11 is 0. The molecular formula is C32H44O5. The third-order valence-electron chi connectivity index (χ3n) is 7.58. The van der Waals surface area contributed by atoms with Crippen LogP contribution >= 0.6 is 0 Å². The van der Waals surface area contributed by atoms with Crippen LogP contribution in [0.5, 0.6) is 0 Å². The molecule has 0 saturated heterocycles. The van der Waals surface area contributed by atoms with Gasteiger partial charge < -0.3 is 14.6 Å². The fourth-order valence-corrected chi connectivity index (χ4v) is 5.37. The van der Waals surface area contributed by atoms with Gasteiger partial charge in [-0.25, -0.2) is 0 Å². The smallest absolute Gasteiger partial charge is 0.306 e. The Labute approximate surface area is 222 Å². The molecule has 1 N–H and O–H groups in total. The largest absolute Gasteiger partial charge is 0.462 e. The van der Waals surface area contributed by atoms with Crippen molar-refractivity contribution < 1.29 is 24.2 Å². The van der Waals surface area contributed by atoms with E-state index in [1.807, 2.05) is 60.7 Å². The van der Waals surface area contributed by atoms with E-state index < -0.39 is 12.2 Å². The van der Waals surface area contributed by atoms with Crippen LogP contribution in [0.3, 0.4) is 0 Å². The minimum Gasteiger partial charge on any atom is -0.462 e. The van der Waals surface area contributed by atoms with Crippen LogP contribution in [0.2, 0.25) is 0 Å². The fourth-order valence-electron chi connectivity index (χ4n) is 5.37. The molecule has 1 saturated carbocycles. The van der Waals surface area contributed by atoms with Crippen LogP contribution in [0, 0.1) is 17.8 Å². The zero-order chi connectivity index (χ0) is 26.6. The number of hydrogen-bond donors (Lipinski definition) is 1. The highest BCUT2D eigenvalue weighted by molar-refractivity contribution is 5.70. The van der Waals surface area contributed by atoms with Crippen molar-refractivity contribution in [1.29, 1.82) is 0 Å². The number of benzene rings is 2. The average molecular weight is 509 g/mol. The van der Waals surface area contributed by atoms with Gasteiger partial charge >= 0.3 is 11.9 Å². The van der Waals surface area contributed by atoms with E-state index in [1.165, 1.54) is 6.42 Å². The summed E-state index contributed by atoms with van der Waals surface area (Å²) in [7, 11) is 0. The third-order valence-corrected chi connectivity index (χ3v) is 7.58. The molecule has 0 amide bonds. The Balaban J connectivity index is 1.47. The van der Waals surface area contributed by atoms with Crippen LogP contribution in [-0.4, -0.2) is 23.1 Å². The van der Waals surface area contributed by atoms with E-state index in [9.17, 15) is 14.7 Å². The van der Waals surface area contributed by atoms with Crippen molar-refractivity contribution in [2.24, 2.45) is 17.8 Å². The summed E-state index contributed by atoms with van der Waals surface area (Å²) < 4.78 is 11.8. The van der Waals surface area contributed by atoms with E-state index in [0.717, 1.165) is 24.0 Å². The lowest BCUT2D eigenvalue weighted by Gasteiger charge is -2.36. The van der Waals surface area contributed by atoms with Gasteiger partial charge in [-0.2, -0.15) is 0 Å². The Kier molecular flexibility index (Phi) is 11.7. The molecule has 2 aromatic rings. The van der Waals surface area contributed by atoms with Crippen molar-refractivity contribution in [3.05, 3.63) is 71.8 Å². The molecule has 37 heavy (non-hydrogen) atoms. The minimum absolute atomic E-state index is 0.00485. The number of aliphatic hydroxyl groups is 1. The molecule has 5 atom stereocenters. The Morgan fingerprint density at radius 1 is 0.865 bits per heavy atom. The summed E-state index contributed by atoms with van der Waals surface area (Å²) in [6, 6.07) is 19.2. The Morgan fingerprint density at radius 2 is 1.46 bits per heavy atom. The first-order valence-corrected chi connectivity index (χ1v) is 14.0. The monoisotopic (exact) mass is 508 g/mol. The van der Waals surface area contributed by atoms with Crippen molar-refractivity contribution in [2.45, 2.75) is 96.9 Å². The van der Waals surface area contributed by atoms with E-state index in [2.05, 4.69) is 20.8 Å². The molecule has 1 fully saturated rings. The van der Waals surface area contributed by atoms with Crippen molar-refractivity contribution >= 4 is 11.9 Å². The molecule has 5 nitrogen and oxygen atoms in total. The quantitative estimate of drug-likeness (QED) is 0.286. The van der Waals surface area contributed by atoms with Gasteiger partial charge in [-0.15, -0.1) is 0 Å². The first-order valence-electron chi connectivity index (χ1n) is 14.0. The molecule has 1 aliphatic rings. The molecule has 0 bridgehead atoms. The van der Waals surface area contributed by atoms with Gasteiger partial charge in [-0.3, -0.25) is 9.59 Å². The number of esters is 2. The van der Waals surface area contributed by atoms with Gasteiger partial charge in [0.05, 0.1) is 6.10 Å². The van der Waals surface area contributed by atoms with E-state index in [-0.39, 0.29) is 24.5 Å². The summed E-state index contributed by atoms with van der Waals surface area (Å²) in [5.74, 6) is 1.08. The lowest BCUT2D eigenvalue weighted by molar-refractivity contribution is -0.156. The summed E-state index contributed by atoms with van der Waals surface area (Å²) in [6.45, 7) is 6.66. The van der Waals surface area contributed by atoms with Crippen LogP contribution in [-0.2, 0) is 19.1 Å². The van der Waals surface area contributed by atoms with Gasteiger partial charge in [0.15, 0.2) is 0 Å². The zero-order valence-electron chi connectivity index (χ0n) is 22.7. The van der Waals surface area contributed by atoms with Crippen molar-refractivity contribution in [3.8, 4) is 0 Å². The normalized spacial score (nSPS) is 21.3. The highest BCUT2D eigenvalue weighted by Crippen LogP contribution is 2.35. The summed E-state index contributed by atoms with van der Waals surface area (Å²) in [5.41, 5.74) is 1.78. The van der Waals surface area contributed by atoms with Gasteiger partial charge in [0.25, 0.3) is 0 Å². The molecule has 1 unspecified atom stereocenters. The number of rotatable bonds is 13. The molecule has 0 radical (unpaired) electrons. The molecule has 3 rings (SSSR count). The molecule has 2 aromatic carbocycles. The highest BCUT2D eigenvalue weighted by Gasteiger charge is 2.33. The van der Waals surface area contributed by atoms with Crippen LogP contribution in [0.1, 0.15) is 102 Å². The average Bonchev–Trinajstić information content (AvgIpc) is 2.89. The molecule has 0 heterocycles. The lowest BCUT2D eigenvalue weighted by Crippen LogP contribution is -2.35. The minimum atomic E-state index is -0.590. The van der Waals surface area contributed by atoms with E-state index in [1.54, 1.807) is 0 Å². The van der Waals surface area contributed by atoms with Gasteiger partial charge in [-0.1, -0.05) is 87.9 Å². The van der Waals surface area contributed by atoms with Gasteiger partial charge in [-0.05, 0) is 67.4 Å². The number of hydrogen-bond acceptors (Lipinski definition) is 5. The molecule has 202 valence electrons. The van der Waals surface area contributed by atoms with Crippen molar-refractivity contribution in [2.75, 3.05) is 0 Å². The van der Waals surface area contributed by atoms with E-state index in [0.29, 0.717) is 49.9 Å². The van der Waals surface area contributed by atoms with E-state index >= 15 is 0 Å². The predicted molar refractivity (Wildman–Crippen MR) is 146 cm³/mol. The van der Waals surface area contributed by atoms with Gasteiger partial charge in [0.1, 0.15) is 12.2 Å². The summed E-state index contributed by atoms with van der Waals surface area (Å²) in [6.07, 6.45) is 5.02. The van der Waals surface area contributed by atoms with Crippen LogP contribution in [0.4, 0.5) is 0 Å². The highest BCUT2D eigenvalue weighted by atomic mass is 16.5. The molecule has 0 aliphatic heterocycles. The first-order chi connectivity index (χ1) is 17.8. The van der Waals surface area contributed by atoms with Gasteiger partial charge in [0.2, 0.25) is 0 Å². The second-order valence-electron chi connectivity index (χ2n) is 11.0. The second-order valence-corrected chi connectivity index (χ2v) is 11.0. The van der Waals surface area contributed by atoms with Crippen LogP contribution < -0.4 is 0 Å². The SMILES string of the molecule is CC(C)[C@@H]1CC[C@@H](C)C[C@@H]1OC(=O)CCC[C@H](OC(=O)CCCC(O)c1ccccc1)c1ccccc1. The van der Waals surface area contributed by atoms with E-state index in [4.69, 9.17) is 9.47 Å². The number of aliphatic hydroxyl groups excluding tert-OH is 1.